The summed E-state index contributed by atoms with van der Waals surface area (Å²) in [6.45, 7) is 5.76. The number of thiazole rings is 1. The second-order valence-corrected chi connectivity index (χ2v) is 5.72. The van der Waals surface area contributed by atoms with Crippen molar-refractivity contribution in [3.05, 3.63) is 16.6 Å². The van der Waals surface area contributed by atoms with Gasteiger partial charge < -0.3 is 5.32 Å². The summed E-state index contributed by atoms with van der Waals surface area (Å²) in [4.78, 5) is 4.45. The van der Waals surface area contributed by atoms with Gasteiger partial charge >= 0.3 is 0 Å². The standard InChI is InChI=1S/C12H20N2S/c1-9(2)3-4-11-10(5-6-13-11)12-14-7-8-15-12/h7-11,13H,3-6H2,1-2H3/t10-,11?/m1/s1. The van der Waals surface area contributed by atoms with Gasteiger partial charge in [-0.2, -0.15) is 0 Å². The van der Waals surface area contributed by atoms with Gasteiger partial charge in [0.05, 0.1) is 5.01 Å². The van der Waals surface area contributed by atoms with Gasteiger partial charge in [0.15, 0.2) is 0 Å². The lowest BCUT2D eigenvalue weighted by molar-refractivity contribution is 0.443. The van der Waals surface area contributed by atoms with Gasteiger partial charge in [-0.05, 0) is 31.7 Å². The van der Waals surface area contributed by atoms with Gasteiger partial charge in [-0.1, -0.05) is 13.8 Å². The molecular formula is C12H20N2S. The molecule has 1 fully saturated rings. The van der Waals surface area contributed by atoms with Gasteiger partial charge in [0.1, 0.15) is 0 Å². The lowest BCUT2D eigenvalue weighted by Crippen LogP contribution is -2.26. The van der Waals surface area contributed by atoms with Crippen LogP contribution in [-0.2, 0) is 0 Å². The molecule has 1 unspecified atom stereocenters. The summed E-state index contributed by atoms with van der Waals surface area (Å²) >= 11 is 1.81. The van der Waals surface area contributed by atoms with Crippen LogP contribution in [0, 0.1) is 5.92 Å². The molecule has 2 atom stereocenters. The van der Waals surface area contributed by atoms with E-state index in [4.69, 9.17) is 0 Å². The predicted molar refractivity (Wildman–Crippen MR) is 65.3 cm³/mol. The van der Waals surface area contributed by atoms with Crippen LogP contribution in [0.2, 0.25) is 0 Å². The summed E-state index contributed by atoms with van der Waals surface area (Å²) in [5.41, 5.74) is 0. The van der Waals surface area contributed by atoms with Crippen LogP contribution in [0.1, 0.15) is 44.0 Å². The molecule has 0 saturated carbocycles. The van der Waals surface area contributed by atoms with E-state index in [2.05, 4.69) is 29.5 Å². The van der Waals surface area contributed by atoms with E-state index in [1.54, 1.807) is 0 Å². The fourth-order valence-electron chi connectivity index (χ4n) is 2.30. The zero-order valence-electron chi connectivity index (χ0n) is 9.57. The highest BCUT2D eigenvalue weighted by molar-refractivity contribution is 7.09. The first kappa shape index (κ1) is 11.1. The molecule has 15 heavy (non-hydrogen) atoms. The van der Waals surface area contributed by atoms with E-state index in [-0.39, 0.29) is 0 Å². The minimum atomic E-state index is 0.665. The van der Waals surface area contributed by atoms with Crippen LogP contribution in [-0.4, -0.2) is 17.6 Å². The minimum Gasteiger partial charge on any atom is -0.313 e. The van der Waals surface area contributed by atoms with Gasteiger partial charge in [-0.25, -0.2) is 4.98 Å². The highest BCUT2D eigenvalue weighted by Crippen LogP contribution is 2.31. The molecule has 1 saturated heterocycles. The Morgan fingerprint density at radius 2 is 2.47 bits per heavy atom. The Balaban J connectivity index is 1.93. The molecule has 1 N–H and O–H groups in total. The molecule has 2 rings (SSSR count). The lowest BCUT2D eigenvalue weighted by atomic mass is 9.94. The van der Waals surface area contributed by atoms with Crippen molar-refractivity contribution in [2.45, 2.75) is 45.1 Å². The molecule has 0 aromatic carbocycles. The number of hydrogen-bond acceptors (Lipinski definition) is 3. The zero-order chi connectivity index (χ0) is 10.7. The predicted octanol–water partition coefficient (Wildman–Crippen LogP) is 3.02. The molecule has 2 nitrogen and oxygen atoms in total. The Kier molecular flexibility index (Phi) is 3.76. The average Bonchev–Trinajstić information content (AvgIpc) is 2.85. The molecule has 0 radical (unpaired) electrons. The summed E-state index contributed by atoms with van der Waals surface area (Å²) in [5, 5.41) is 7.03. The van der Waals surface area contributed by atoms with Crippen molar-refractivity contribution in [1.82, 2.24) is 10.3 Å². The fraction of sp³-hybridized carbons (Fsp3) is 0.750. The minimum absolute atomic E-state index is 0.665. The summed E-state index contributed by atoms with van der Waals surface area (Å²) < 4.78 is 0. The fourth-order valence-corrected chi connectivity index (χ4v) is 3.14. The first-order valence-corrected chi connectivity index (χ1v) is 6.78. The molecule has 0 bridgehead atoms. The van der Waals surface area contributed by atoms with E-state index in [1.165, 1.54) is 24.3 Å². The Hall–Kier alpha value is -0.410. The van der Waals surface area contributed by atoms with Crippen LogP contribution in [0.15, 0.2) is 11.6 Å². The summed E-state index contributed by atoms with van der Waals surface area (Å²) in [7, 11) is 0. The average molecular weight is 224 g/mol. The zero-order valence-corrected chi connectivity index (χ0v) is 10.4. The van der Waals surface area contributed by atoms with E-state index in [9.17, 15) is 0 Å². The number of rotatable bonds is 4. The van der Waals surface area contributed by atoms with E-state index >= 15 is 0 Å². The topological polar surface area (TPSA) is 24.9 Å². The Morgan fingerprint density at radius 1 is 1.60 bits per heavy atom. The maximum absolute atomic E-state index is 4.45. The second-order valence-electron chi connectivity index (χ2n) is 4.80. The SMILES string of the molecule is CC(C)CCC1NCC[C@H]1c1nccs1. The summed E-state index contributed by atoms with van der Waals surface area (Å²) in [6.07, 6.45) is 5.80. The van der Waals surface area contributed by atoms with Gasteiger partial charge in [0.25, 0.3) is 0 Å². The summed E-state index contributed by atoms with van der Waals surface area (Å²) in [5.74, 6) is 1.48. The Bertz CT molecular complexity index is 282. The molecule has 2 heterocycles. The highest BCUT2D eigenvalue weighted by Gasteiger charge is 2.29. The van der Waals surface area contributed by atoms with Crippen LogP contribution in [0.25, 0.3) is 0 Å². The van der Waals surface area contributed by atoms with Gasteiger partial charge in [0, 0.05) is 23.5 Å². The molecule has 84 valence electrons. The van der Waals surface area contributed by atoms with Crippen molar-refractivity contribution in [1.29, 1.82) is 0 Å². The molecular weight excluding hydrogens is 204 g/mol. The number of nitrogens with one attached hydrogen (secondary N) is 1. The van der Waals surface area contributed by atoms with E-state index in [1.807, 2.05) is 17.5 Å². The largest absolute Gasteiger partial charge is 0.313 e. The van der Waals surface area contributed by atoms with Crippen LogP contribution >= 0.6 is 11.3 Å². The van der Waals surface area contributed by atoms with Crippen LogP contribution in [0.3, 0.4) is 0 Å². The van der Waals surface area contributed by atoms with Crippen molar-refractivity contribution in [2.24, 2.45) is 5.92 Å². The molecule has 0 spiro atoms. The smallest absolute Gasteiger partial charge is 0.0971 e. The van der Waals surface area contributed by atoms with Crippen molar-refractivity contribution in [3.8, 4) is 0 Å². The molecule has 3 heteroatoms. The Morgan fingerprint density at radius 3 is 3.13 bits per heavy atom. The Labute approximate surface area is 96.1 Å². The van der Waals surface area contributed by atoms with Gasteiger partial charge in [-0.3, -0.25) is 0 Å². The highest BCUT2D eigenvalue weighted by atomic mass is 32.1. The first-order chi connectivity index (χ1) is 7.27. The normalized spacial score (nSPS) is 26.3. The molecule has 0 aliphatic carbocycles. The van der Waals surface area contributed by atoms with Crippen molar-refractivity contribution < 1.29 is 0 Å². The molecule has 0 amide bonds. The summed E-state index contributed by atoms with van der Waals surface area (Å²) in [6, 6.07) is 0.665. The van der Waals surface area contributed by atoms with E-state index in [0.29, 0.717) is 12.0 Å². The molecule has 1 aromatic rings. The van der Waals surface area contributed by atoms with Crippen molar-refractivity contribution in [2.75, 3.05) is 6.54 Å². The van der Waals surface area contributed by atoms with Crippen molar-refractivity contribution >= 4 is 11.3 Å². The van der Waals surface area contributed by atoms with E-state index in [0.717, 1.165) is 12.5 Å². The maximum atomic E-state index is 4.45. The first-order valence-electron chi connectivity index (χ1n) is 5.90. The molecule has 1 aromatic heterocycles. The van der Waals surface area contributed by atoms with Crippen LogP contribution in [0.4, 0.5) is 0 Å². The molecule has 1 aliphatic heterocycles. The third-order valence-electron chi connectivity index (χ3n) is 3.17. The van der Waals surface area contributed by atoms with Gasteiger partial charge in [0.2, 0.25) is 0 Å². The quantitative estimate of drug-likeness (QED) is 0.850. The third-order valence-corrected chi connectivity index (χ3v) is 4.08. The van der Waals surface area contributed by atoms with E-state index < -0.39 is 0 Å². The monoisotopic (exact) mass is 224 g/mol. The van der Waals surface area contributed by atoms with Crippen LogP contribution < -0.4 is 5.32 Å². The lowest BCUT2D eigenvalue weighted by Gasteiger charge is -2.18. The number of aromatic nitrogens is 1. The number of nitrogens with zero attached hydrogens (tertiary/aromatic N) is 1. The van der Waals surface area contributed by atoms with Crippen molar-refractivity contribution in [3.63, 3.8) is 0 Å². The van der Waals surface area contributed by atoms with Crippen LogP contribution in [0.5, 0.6) is 0 Å². The molecule has 1 aliphatic rings. The number of hydrogen-bond donors (Lipinski definition) is 1. The second kappa shape index (κ2) is 5.08. The third kappa shape index (κ3) is 2.79. The van der Waals surface area contributed by atoms with Gasteiger partial charge in [-0.15, -0.1) is 11.3 Å². The maximum Gasteiger partial charge on any atom is 0.0971 e.